The molecule has 62 valence electrons. The molecule has 0 aromatic carbocycles. The largest absolute Gasteiger partial charge is 0.463 e. The van der Waals surface area contributed by atoms with Crippen LogP contribution in [0.25, 0.3) is 0 Å². The van der Waals surface area contributed by atoms with Crippen molar-refractivity contribution in [3.05, 3.63) is 12.4 Å². The molecule has 1 aromatic rings. The van der Waals surface area contributed by atoms with E-state index >= 15 is 0 Å². The summed E-state index contributed by atoms with van der Waals surface area (Å²) in [6, 6.07) is 0. The van der Waals surface area contributed by atoms with Crippen molar-refractivity contribution in [1.82, 2.24) is 9.97 Å². The molecule has 0 spiro atoms. The number of nitrogens with one attached hydrogen (secondary N) is 1. The van der Waals surface area contributed by atoms with E-state index in [0.29, 0.717) is 11.7 Å². The van der Waals surface area contributed by atoms with Crippen molar-refractivity contribution >= 4 is 5.82 Å². The van der Waals surface area contributed by atoms with Gasteiger partial charge in [0.05, 0.1) is 12.4 Å². The van der Waals surface area contributed by atoms with Gasteiger partial charge in [-0.1, -0.05) is 5.92 Å². The van der Waals surface area contributed by atoms with E-state index in [2.05, 4.69) is 21.3 Å². The number of aromatic nitrogens is 2. The number of nitrogens with zero attached hydrogens (tertiary/aromatic N) is 2. The minimum Gasteiger partial charge on any atom is -0.463 e. The fourth-order valence-corrected chi connectivity index (χ4v) is 0.603. The van der Waals surface area contributed by atoms with Crippen molar-refractivity contribution in [3.63, 3.8) is 0 Å². The van der Waals surface area contributed by atoms with Crippen LogP contribution in [-0.4, -0.2) is 16.6 Å². The molecule has 0 aliphatic heterocycles. The van der Waals surface area contributed by atoms with Crippen molar-refractivity contribution < 1.29 is 4.74 Å². The van der Waals surface area contributed by atoms with Crippen molar-refractivity contribution in [2.45, 2.75) is 0 Å². The van der Waals surface area contributed by atoms with Crippen molar-refractivity contribution in [3.8, 4) is 18.2 Å². The van der Waals surface area contributed by atoms with Crippen LogP contribution in [0.4, 0.5) is 5.82 Å². The summed E-state index contributed by atoms with van der Waals surface area (Å²) in [6.07, 6.45) is 7.91. The maximum atomic E-state index is 5.10. The molecule has 5 nitrogen and oxygen atoms in total. The SMILES string of the molecule is C#CCOc1cncc(NN)n1. The van der Waals surface area contributed by atoms with Gasteiger partial charge in [0.1, 0.15) is 0 Å². The first-order valence-electron chi connectivity index (χ1n) is 3.21. The molecule has 0 fully saturated rings. The maximum absolute atomic E-state index is 5.10. The summed E-state index contributed by atoms with van der Waals surface area (Å²) in [4.78, 5) is 7.72. The van der Waals surface area contributed by atoms with Gasteiger partial charge in [-0.15, -0.1) is 6.42 Å². The number of ether oxygens (including phenoxy) is 1. The summed E-state index contributed by atoms with van der Waals surface area (Å²) >= 11 is 0. The topological polar surface area (TPSA) is 73.1 Å². The van der Waals surface area contributed by atoms with Gasteiger partial charge in [0, 0.05) is 0 Å². The third-order valence-corrected chi connectivity index (χ3v) is 1.06. The maximum Gasteiger partial charge on any atom is 0.235 e. The van der Waals surface area contributed by atoms with E-state index in [1.807, 2.05) is 0 Å². The molecule has 5 heteroatoms. The van der Waals surface area contributed by atoms with Gasteiger partial charge in [0.2, 0.25) is 5.88 Å². The molecule has 0 radical (unpaired) electrons. The number of nitrogen functional groups attached to an aromatic ring is 1. The Bertz CT molecular complexity index is 294. The molecule has 0 atom stereocenters. The van der Waals surface area contributed by atoms with Crippen molar-refractivity contribution in [2.24, 2.45) is 5.84 Å². The molecule has 12 heavy (non-hydrogen) atoms. The zero-order valence-corrected chi connectivity index (χ0v) is 6.32. The third-order valence-electron chi connectivity index (χ3n) is 1.06. The van der Waals surface area contributed by atoms with Crippen molar-refractivity contribution in [1.29, 1.82) is 0 Å². The second kappa shape index (κ2) is 4.16. The molecule has 0 aliphatic carbocycles. The molecule has 0 aliphatic rings. The van der Waals surface area contributed by atoms with Gasteiger partial charge >= 0.3 is 0 Å². The van der Waals surface area contributed by atoms with Crippen LogP contribution >= 0.6 is 0 Å². The molecule has 0 bridgehead atoms. The summed E-state index contributed by atoms with van der Waals surface area (Å²) in [6.45, 7) is 0.169. The van der Waals surface area contributed by atoms with Gasteiger partial charge in [0.15, 0.2) is 12.4 Å². The van der Waals surface area contributed by atoms with E-state index in [0.717, 1.165) is 0 Å². The van der Waals surface area contributed by atoms with Gasteiger partial charge in [-0.25, -0.2) is 5.84 Å². The van der Waals surface area contributed by atoms with Crippen LogP contribution in [0.15, 0.2) is 12.4 Å². The number of hydrogen-bond donors (Lipinski definition) is 2. The molecule has 1 heterocycles. The summed E-state index contributed by atoms with van der Waals surface area (Å²) in [5.74, 6) is 8.20. The van der Waals surface area contributed by atoms with E-state index < -0.39 is 0 Å². The average Bonchev–Trinajstić information content (AvgIpc) is 2.15. The highest BCUT2D eigenvalue weighted by Crippen LogP contribution is 2.06. The minimum absolute atomic E-state index is 0.169. The number of hydrazine groups is 1. The van der Waals surface area contributed by atoms with Gasteiger partial charge in [0.25, 0.3) is 0 Å². The standard InChI is InChI=1S/C7H8N4O/c1-2-3-12-7-5-9-4-6(10-7)11-8/h1,4-5H,3,8H2,(H,10,11). The van der Waals surface area contributed by atoms with Crippen LogP contribution in [0.1, 0.15) is 0 Å². The molecule has 0 unspecified atom stereocenters. The van der Waals surface area contributed by atoms with E-state index in [1.54, 1.807) is 0 Å². The molecule has 3 N–H and O–H groups in total. The summed E-state index contributed by atoms with van der Waals surface area (Å²) in [5.41, 5.74) is 2.34. The van der Waals surface area contributed by atoms with Crippen LogP contribution in [-0.2, 0) is 0 Å². The summed E-state index contributed by atoms with van der Waals surface area (Å²) < 4.78 is 4.99. The van der Waals surface area contributed by atoms with E-state index in [9.17, 15) is 0 Å². The van der Waals surface area contributed by atoms with Crippen LogP contribution in [0.2, 0.25) is 0 Å². The predicted molar refractivity (Wildman–Crippen MR) is 44.2 cm³/mol. The van der Waals surface area contributed by atoms with Crippen LogP contribution in [0, 0.1) is 12.3 Å². The highest BCUT2D eigenvalue weighted by Gasteiger charge is 1.95. The Labute approximate surface area is 69.9 Å². The lowest BCUT2D eigenvalue weighted by Gasteiger charge is -2.01. The Hall–Kier alpha value is -1.80. The molecular weight excluding hydrogens is 156 g/mol. The van der Waals surface area contributed by atoms with Gasteiger partial charge in [-0.05, 0) is 0 Å². The fraction of sp³-hybridized carbons (Fsp3) is 0.143. The van der Waals surface area contributed by atoms with Crippen LogP contribution in [0.3, 0.4) is 0 Å². The predicted octanol–water partition coefficient (Wildman–Crippen LogP) is -0.226. The Morgan fingerprint density at radius 1 is 1.67 bits per heavy atom. The van der Waals surface area contributed by atoms with Crippen LogP contribution in [0.5, 0.6) is 5.88 Å². The monoisotopic (exact) mass is 164 g/mol. The van der Waals surface area contributed by atoms with Crippen molar-refractivity contribution in [2.75, 3.05) is 12.0 Å². The normalized spacial score (nSPS) is 8.67. The zero-order valence-electron chi connectivity index (χ0n) is 6.32. The minimum atomic E-state index is 0.169. The summed E-state index contributed by atoms with van der Waals surface area (Å²) in [5, 5.41) is 0. The van der Waals surface area contributed by atoms with Gasteiger partial charge in [-0.2, -0.15) is 4.98 Å². The van der Waals surface area contributed by atoms with E-state index in [1.165, 1.54) is 12.4 Å². The molecule has 0 amide bonds. The highest BCUT2D eigenvalue weighted by molar-refractivity contribution is 5.31. The lowest BCUT2D eigenvalue weighted by atomic mass is 10.6. The van der Waals surface area contributed by atoms with Gasteiger partial charge in [-0.3, -0.25) is 4.98 Å². The Balaban J connectivity index is 2.67. The lowest BCUT2D eigenvalue weighted by molar-refractivity contribution is 0.354. The van der Waals surface area contributed by atoms with Gasteiger partial charge < -0.3 is 10.2 Å². The highest BCUT2D eigenvalue weighted by atomic mass is 16.5. The molecule has 1 rings (SSSR count). The lowest BCUT2D eigenvalue weighted by Crippen LogP contribution is -2.09. The molecular formula is C7H8N4O. The summed E-state index contributed by atoms with van der Waals surface area (Å²) in [7, 11) is 0. The number of terminal acetylenes is 1. The van der Waals surface area contributed by atoms with E-state index in [4.69, 9.17) is 17.0 Å². The Kier molecular flexibility index (Phi) is 2.87. The number of anilines is 1. The molecule has 1 aromatic heterocycles. The average molecular weight is 164 g/mol. The first-order valence-corrected chi connectivity index (χ1v) is 3.21. The Morgan fingerprint density at radius 2 is 2.50 bits per heavy atom. The Morgan fingerprint density at radius 3 is 3.17 bits per heavy atom. The number of nitrogens with two attached hydrogens (primary N) is 1. The first kappa shape index (κ1) is 8.30. The van der Waals surface area contributed by atoms with E-state index in [-0.39, 0.29) is 6.61 Å². The third kappa shape index (κ3) is 2.11. The quantitative estimate of drug-likeness (QED) is 0.367. The second-order valence-electron chi connectivity index (χ2n) is 1.88. The second-order valence-corrected chi connectivity index (χ2v) is 1.88. The first-order chi connectivity index (χ1) is 5.86. The smallest absolute Gasteiger partial charge is 0.235 e. The number of hydrogen-bond acceptors (Lipinski definition) is 5. The number of rotatable bonds is 3. The molecule has 0 saturated heterocycles. The van der Waals surface area contributed by atoms with Crippen LogP contribution < -0.4 is 16.0 Å². The fourth-order valence-electron chi connectivity index (χ4n) is 0.603. The molecule has 0 saturated carbocycles. The zero-order chi connectivity index (χ0) is 8.81.